The molecule has 1 saturated heterocycles. The number of benzene rings is 2. The Morgan fingerprint density at radius 3 is 2.22 bits per heavy atom. The van der Waals surface area contributed by atoms with Gasteiger partial charge in [-0.2, -0.15) is 4.31 Å². The Balaban J connectivity index is 1.55. The van der Waals surface area contributed by atoms with Gasteiger partial charge in [-0.15, -0.1) is 0 Å². The molecule has 7 nitrogen and oxygen atoms in total. The maximum absolute atomic E-state index is 12.8. The van der Waals surface area contributed by atoms with Crippen LogP contribution >= 0.6 is 0 Å². The molecule has 170 valence electrons. The van der Waals surface area contributed by atoms with Crippen LogP contribution in [-0.2, 0) is 24.3 Å². The van der Waals surface area contributed by atoms with E-state index >= 15 is 0 Å². The number of para-hydroxylation sites is 1. The van der Waals surface area contributed by atoms with Crippen LogP contribution in [0.3, 0.4) is 0 Å². The smallest absolute Gasteiger partial charge is 0.331 e. The van der Waals surface area contributed by atoms with E-state index in [1.807, 2.05) is 6.07 Å². The molecule has 0 aliphatic carbocycles. The van der Waals surface area contributed by atoms with Crippen LogP contribution in [0.1, 0.15) is 38.2 Å². The monoisotopic (exact) mass is 456 g/mol. The molecule has 0 aromatic heterocycles. The van der Waals surface area contributed by atoms with Crippen LogP contribution in [0.4, 0.5) is 5.69 Å². The third-order valence-corrected chi connectivity index (χ3v) is 7.11. The number of nitrogens with one attached hydrogen (secondary N) is 1. The molecule has 2 aromatic rings. The molecule has 1 amide bonds. The van der Waals surface area contributed by atoms with E-state index in [9.17, 15) is 18.0 Å². The zero-order valence-electron chi connectivity index (χ0n) is 18.1. The summed E-state index contributed by atoms with van der Waals surface area (Å²) in [5.41, 5.74) is 1.27. The fraction of sp³-hybridized carbons (Fsp3) is 0.333. The van der Waals surface area contributed by atoms with E-state index in [0.717, 1.165) is 25.7 Å². The van der Waals surface area contributed by atoms with Crippen LogP contribution in [0.15, 0.2) is 65.6 Å². The normalized spacial score (nSPS) is 16.3. The molecule has 2 aromatic carbocycles. The largest absolute Gasteiger partial charge is 0.449 e. The van der Waals surface area contributed by atoms with Crippen LogP contribution in [0.2, 0.25) is 0 Å². The van der Waals surface area contributed by atoms with Gasteiger partial charge in [-0.05, 0) is 55.7 Å². The van der Waals surface area contributed by atoms with Crippen molar-refractivity contribution in [2.75, 3.05) is 18.4 Å². The van der Waals surface area contributed by atoms with E-state index in [2.05, 4.69) is 5.32 Å². The number of sulfonamides is 1. The topological polar surface area (TPSA) is 92.8 Å². The second-order valence-electron chi connectivity index (χ2n) is 7.66. The molecule has 0 saturated carbocycles. The van der Waals surface area contributed by atoms with Crippen LogP contribution < -0.4 is 5.32 Å². The highest BCUT2D eigenvalue weighted by atomic mass is 32.2. The Morgan fingerprint density at radius 2 is 1.59 bits per heavy atom. The Labute approximate surface area is 189 Å². The highest BCUT2D eigenvalue weighted by molar-refractivity contribution is 7.89. The van der Waals surface area contributed by atoms with Gasteiger partial charge in [0.15, 0.2) is 6.10 Å². The summed E-state index contributed by atoms with van der Waals surface area (Å²) >= 11 is 0. The van der Waals surface area contributed by atoms with E-state index < -0.39 is 28.0 Å². The number of carbonyl (C=O) groups is 2. The highest BCUT2D eigenvalue weighted by Crippen LogP contribution is 2.21. The number of anilines is 1. The first-order chi connectivity index (χ1) is 15.4. The van der Waals surface area contributed by atoms with Crippen LogP contribution in [0.5, 0.6) is 0 Å². The van der Waals surface area contributed by atoms with E-state index in [-0.39, 0.29) is 4.90 Å². The Bertz CT molecular complexity index is 1040. The van der Waals surface area contributed by atoms with Crippen molar-refractivity contribution >= 4 is 33.7 Å². The summed E-state index contributed by atoms with van der Waals surface area (Å²) in [6, 6.07) is 15.3. The zero-order valence-corrected chi connectivity index (χ0v) is 18.9. The van der Waals surface area contributed by atoms with Crippen molar-refractivity contribution in [2.45, 2.75) is 43.6 Å². The van der Waals surface area contributed by atoms with Crippen LogP contribution in [-0.4, -0.2) is 43.8 Å². The minimum Gasteiger partial charge on any atom is -0.449 e. The minimum absolute atomic E-state index is 0.241. The van der Waals surface area contributed by atoms with Crippen LogP contribution in [0, 0.1) is 0 Å². The summed E-state index contributed by atoms with van der Waals surface area (Å²) in [7, 11) is -3.51. The maximum Gasteiger partial charge on any atom is 0.331 e. The predicted molar refractivity (Wildman–Crippen MR) is 123 cm³/mol. The van der Waals surface area contributed by atoms with Gasteiger partial charge in [0.2, 0.25) is 10.0 Å². The minimum atomic E-state index is -3.51. The van der Waals surface area contributed by atoms with E-state index in [1.54, 1.807) is 52.8 Å². The first-order valence-electron chi connectivity index (χ1n) is 10.7. The molecule has 1 N–H and O–H groups in total. The molecule has 0 spiro atoms. The van der Waals surface area contributed by atoms with Crippen molar-refractivity contribution < 1.29 is 22.7 Å². The quantitative estimate of drug-likeness (QED) is 0.505. The molecule has 1 heterocycles. The summed E-state index contributed by atoms with van der Waals surface area (Å²) in [5.74, 6) is -1.09. The average Bonchev–Trinajstić information content (AvgIpc) is 3.09. The van der Waals surface area contributed by atoms with E-state index in [1.165, 1.54) is 19.1 Å². The predicted octanol–water partition coefficient (Wildman–Crippen LogP) is 3.83. The van der Waals surface area contributed by atoms with Crippen molar-refractivity contribution in [1.82, 2.24) is 4.31 Å². The van der Waals surface area contributed by atoms with Crippen molar-refractivity contribution in [3.8, 4) is 0 Å². The lowest BCUT2D eigenvalue weighted by molar-refractivity contribution is -0.148. The second-order valence-corrected chi connectivity index (χ2v) is 9.59. The molecule has 1 aliphatic rings. The summed E-state index contributed by atoms with van der Waals surface area (Å²) in [6.07, 6.45) is 5.63. The molecule has 0 radical (unpaired) electrons. The van der Waals surface area contributed by atoms with Gasteiger partial charge in [0.25, 0.3) is 5.91 Å². The number of hydrogen-bond acceptors (Lipinski definition) is 5. The first-order valence-corrected chi connectivity index (χ1v) is 12.1. The summed E-state index contributed by atoms with van der Waals surface area (Å²) in [4.78, 5) is 24.4. The summed E-state index contributed by atoms with van der Waals surface area (Å²) < 4.78 is 32.3. The number of esters is 1. The van der Waals surface area contributed by atoms with Gasteiger partial charge in [0, 0.05) is 24.9 Å². The third-order valence-electron chi connectivity index (χ3n) is 5.20. The number of carbonyl (C=O) groups excluding carboxylic acids is 2. The van der Waals surface area contributed by atoms with Gasteiger partial charge >= 0.3 is 5.97 Å². The standard InChI is InChI=1S/C24H28N2O5S/c1-19(24(28)25-21-9-5-4-6-10-21)31-23(27)16-13-20-11-14-22(15-12-20)32(29,30)26-17-7-2-3-8-18-26/h4-6,9-16,19H,2-3,7-8,17-18H2,1H3,(H,25,28). The van der Waals surface area contributed by atoms with E-state index in [0.29, 0.717) is 24.3 Å². The Hall–Kier alpha value is -2.97. The Kier molecular flexibility index (Phi) is 8.19. The number of ether oxygens (including phenoxy) is 1. The SMILES string of the molecule is CC(OC(=O)C=Cc1ccc(S(=O)(=O)N2CCCCCC2)cc1)C(=O)Nc1ccccc1. The average molecular weight is 457 g/mol. The lowest BCUT2D eigenvalue weighted by atomic mass is 10.2. The van der Waals surface area contributed by atoms with Crippen molar-refractivity contribution in [3.63, 3.8) is 0 Å². The van der Waals surface area contributed by atoms with Gasteiger partial charge in [-0.3, -0.25) is 4.79 Å². The molecule has 32 heavy (non-hydrogen) atoms. The highest BCUT2D eigenvalue weighted by Gasteiger charge is 2.24. The van der Waals surface area contributed by atoms with Gasteiger partial charge in [-0.25, -0.2) is 13.2 Å². The maximum atomic E-state index is 12.8. The molecule has 1 aliphatic heterocycles. The van der Waals surface area contributed by atoms with Crippen molar-refractivity contribution in [2.24, 2.45) is 0 Å². The molecular formula is C24H28N2O5S. The lowest BCUT2D eigenvalue weighted by Gasteiger charge is -2.19. The fourth-order valence-corrected chi connectivity index (χ4v) is 4.90. The Morgan fingerprint density at radius 1 is 0.969 bits per heavy atom. The molecule has 1 unspecified atom stereocenters. The van der Waals surface area contributed by atoms with Gasteiger partial charge in [0.1, 0.15) is 0 Å². The summed E-state index contributed by atoms with van der Waals surface area (Å²) in [5, 5.41) is 2.67. The number of rotatable bonds is 7. The van der Waals surface area contributed by atoms with Crippen molar-refractivity contribution in [1.29, 1.82) is 0 Å². The molecule has 1 fully saturated rings. The van der Waals surface area contributed by atoms with Gasteiger partial charge in [0.05, 0.1) is 4.90 Å². The molecule has 0 bridgehead atoms. The molecular weight excluding hydrogens is 428 g/mol. The number of amides is 1. The van der Waals surface area contributed by atoms with Crippen LogP contribution in [0.25, 0.3) is 6.08 Å². The molecule has 8 heteroatoms. The van der Waals surface area contributed by atoms with E-state index in [4.69, 9.17) is 4.74 Å². The van der Waals surface area contributed by atoms with Gasteiger partial charge in [-0.1, -0.05) is 43.2 Å². The second kappa shape index (κ2) is 11.1. The van der Waals surface area contributed by atoms with Gasteiger partial charge < -0.3 is 10.1 Å². The molecule has 1 atom stereocenters. The third kappa shape index (κ3) is 6.51. The molecule has 3 rings (SSSR count). The fourth-order valence-electron chi connectivity index (χ4n) is 3.38. The zero-order chi connectivity index (χ0) is 23.0. The van der Waals surface area contributed by atoms with Crippen molar-refractivity contribution in [3.05, 3.63) is 66.2 Å². The lowest BCUT2D eigenvalue weighted by Crippen LogP contribution is -2.31. The summed E-state index contributed by atoms with van der Waals surface area (Å²) in [6.45, 7) is 2.59. The number of hydrogen-bond donors (Lipinski definition) is 1. The number of nitrogens with zero attached hydrogens (tertiary/aromatic N) is 1. The first kappa shape index (κ1) is 23.7.